The van der Waals surface area contributed by atoms with Gasteiger partial charge in [0.1, 0.15) is 0 Å². The third-order valence-corrected chi connectivity index (χ3v) is 3.54. The van der Waals surface area contributed by atoms with Gasteiger partial charge in [0.2, 0.25) is 0 Å². The largest absolute Gasteiger partial charge is 0.442 e. The highest BCUT2D eigenvalue weighted by molar-refractivity contribution is 8.13. The van der Waals surface area contributed by atoms with Crippen molar-refractivity contribution < 1.29 is 14.5 Å². The predicted molar refractivity (Wildman–Crippen MR) is 63.1 cm³/mol. The molecule has 1 aromatic rings. The summed E-state index contributed by atoms with van der Waals surface area (Å²) in [5, 5.41) is 3.87. The molecule has 16 heavy (non-hydrogen) atoms. The van der Waals surface area contributed by atoms with E-state index >= 15 is 0 Å². The molecule has 0 saturated carbocycles. The van der Waals surface area contributed by atoms with E-state index in [1.54, 1.807) is 6.07 Å². The molecule has 1 aliphatic heterocycles. The molecule has 1 unspecified atom stereocenters. The first-order chi connectivity index (χ1) is 7.76. The van der Waals surface area contributed by atoms with Crippen molar-refractivity contribution in [1.29, 1.82) is 0 Å². The molecule has 0 bridgehead atoms. The molecule has 0 fully saturated rings. The highest BCUT2D eigenvalue weighted by Crippen LogP contribution is 2.38. The molecule has 0 spiro atoms. The van der Waals surface area contributed by atoms with Crippen molar-refractivity contribution in [2.24, 2.45) is 0 Å². The standard InChI is InChI=1S/C11H12N2O2S/c1-12-11(13-2)16-10-8-6-4-3-5-7(8)9(14)15-10/h3-6,10H,1-2H3,(H,12,13)/p+1. The van der Waals surface area contributed by atoms with Gasteiger partial charge in [0.05, 0.1) is 19.7 Å². The zero-order valence-electron chi connectivity index (χ0n) is 9.11. The average molecular weight is 237 g/mol. The minimum atomic E-state index is -0.265. The van der Waals surface area contributed by atoms with Crippen molar-refractivity contribution in [2.45, 2.75) is 5.44 Å². The topological polar surface area (TPSA) is 52.3 Å². The van der Waals surface area contributed by atoms with E-state index in [-0.39, 0.29) is 11.4 Å². The molecule has 0 aromatic heterocycles. The summed E-state index contributed by atoms with van der Waals surface area (Å²) in [6.07, 6.45) is 0. The van der Waals surface area contributed by atoms with Gasteiger partial charge in [-0.15, -0.1) is 0 Å². The van der Waals surface area contributed by atoms with Crippen LogP contribution in [0.25, 0.3) is 0 Å². The Morgan fingerprint density at radius 2 is 2.25 bits per heavy atom. The van der Waals surface area contributed by atoms with Crippen LogP contribution in [-0.4, -0.2) is 25.2 Å². The van der Waals surface area contributed by atoms with E-state index in [1.807, 2.05) is 32.3 Å². The Bertz CT molecular complexity index is 445. The number of nitrogens with one attached hydrogen (secondary N) is 2. The first kappa shape index (κ1) is 11.0. The normalized spacial score (nSPS) is 19.2. The molecule has 0 saturated heterocycles. The number of hydrogen-bond acceptors (Lipinski definition) is 3. The number of esters is 1. The first-order valence-electron chi connectivity index (χ1n) is 4.95. The summed E-state index contributed by atoms with van der Waals surface area (Å²) in [5.74, 6) is -0.250. The third kappa shape index (κ3) is 1.90. The Hall–Kier alpha value is -1.49. The summed E-state index contributed by atoms with van der Waals surface area (Å²) in [5.41, 5.74) is 1.32. The van der Waals surface area contributed by atoms with Gasteiger partial charge in [0, 0.05) is 17.3 Å². The summed E-state index contributed by atoms with van der Waals surface area (Å²) in [7, 11) is 3.64. The number of ether oxygens (including phenoxy) is 1. The van der Waals surface area contributed by atoms with Gasteiger partial charge in [0.15, 0.2) is 5.44 Å². The molecule has 0 radical (unpaired) electrons. The van der Waals surface area contributed by atoms with Gasteiger partial charge in [-0.2, -0.15) is 0 Å². The Balaban J connectivity index is 2.24. The Morgan fingerprint density at radius 1 is 1.50 bits per heavy atom. The van der Waals surface area contributed by atoms with E-state index in [2.05, 4.69) is 10.3 Å². The van der Waals surface area contributed by atoms with Crippen LogP contribution in [0.3, 0.4) is 0 Å². The molecule has 1 atom stereocenters. The molecule has 0 aliphatic carbocycles. The second-order valence-corrected chi connectivity index (χ2v) is 4.34. The quantitative estimate of drug-likeness (QED) is 0.406. The number of benzene rings is 1. The van der Waals surface area contributed by atoms with Gasteiger partial charge >= 0.3 is 11.1 Å². The smallest absolute Gasteiger partial charge is 0.340 e. The number of carbonyl (C=O) groups excluding carboxylic acids is 1. The van der Waals surface area contributed by atoms with Crippen LogP contribution in [0.2, 0.25) is 0 Å². The van der Waals surface area contributed by atoms with Crippen LogP contribution in [0.5, 0.6) is 0 Å². The number of fused-ring (bicyclic) bond motifs is 1. The predicted octanol–water partition coefficient (Wildman–Crippen LogP) is -0.125. The zero-order valence-corrected chi connectivity index (χ0v) is 9.93. The second-order valence-electron chi connectivity index (χ2n) is 3.27. The van der Waals surface area contributed by atoms with Crippen molar-refractivity contribution in [3.63, 3.8) is 0 Å². The maximum absolute atomic E-state index is 11.5. The van der Waals surface area contributed by atoms with E-state index in [1.165, 1.54) is 11.8 Å². The van der Waals surface area contributed by atoms with Gasteiger partial charge < -0.3 is 4.74 Å². The molecule has 4 nitrogen and oxygen atoms in total. The minimum Gasteiger partial charge on any atom is -0.442 e. The molecular formula is C11H13N2O2S+. The number of amidine groups is 1. The molecule has 1 aromatic carbocycles. The lowest BCUT2D eigenvalue weighted by Gasteiger charge is -2.07. The summed E-state index contributed by atoms with van der Waals surface area (Å²) in [6.45, 7) is 0. The van der Waals surface area contributed by atoms with Gasteiger partial charge in [-0.25, -0.2) is 4.79 Å². The van der Waals surface area contributed by atoms with Crippen LogP contribution in [0.15, 0.2) is 24.3 Å². The van der Waals surface area contributed by atoms with Gasteiger partial charge in [0.25, 0.3) is 0 Å². The van der Waals surface area contributed by atoms with Crippen molar-refractivity contribution in [1.82, 2.24) is 5.32 Å². The Labute approximate surface area is 98.1 Å². The van der Waals surface area contributed by atoms with Crippen LogP contribution in [0.1, 0.15) is 21.4 Å². The van der Waals surface area contributed by atoms with Crippen LogP contribution in [0, 0.1) is 0 Å². The second kappa shape index (κ2) is 4.57. The summed E-state index contributed by atoms with van der Waals surface area (Å²) < 4.78 is 5.29. The van der Waals surface area contributed by atoms with E-state index in [9.17, 15) is 4.79 Å². The molecule has 2 rings (SSSR count). The van der Waals surface area contributed by atoms with Gasteiger partial charge in [-0.3, -0.25) is 10.3 Å². The van der Waals surface area contributed by atoms with Crippen LogP contribution in [0.4, 0.5) is 0 Å². The summed E-state index contributed by atoms with van der Waals surface area (Å²) in [4.78, 5) is 14.5. The highest BCUT2D eigenvalue weighted by Gasteiger charge is 2.33. The first-order valence-corrected chi connectivity index (χ1v) is 5.83. The number of cyclic esters (lactones) is 1. The molecule has 2 N–H and O–H groups in total. The monoisotopic (exact) mass is 237 g/mol. The lowest BCUT2D eigenvalue weighted by atomic mass is 10.1. The molecule has 5 heteroatoms. The van der Waals surface area contributed by atoms with Crippen molar-refractivity contribution in [3.05, 3.63) is 35.4 Å². The van der Waals surface area contributed by atoms with Crippen LogP contribution < -0.4 is 10.3 Å². The number of rotatable bonds is 1. The maximum atomic E-state index is 11.5. The fourth-order valence-corrected chi connectivity index (χ4v) is 2.47. The molecule has 1 aliphatic rings. The molecule has 0 amide bonds. The van der Waals surface area contributed by atoms with Crippen molar-refractivity contribution >= 4 is 22.9 Å². The minimum absolute atomic E-state index is 0.250. The fraction of sp³-hybridized carbons (Fsp3) is 0.273. The third-order valence-electron chi connectivity index (χ3n) is 2.33. The average Bonchev–Trinajstić information content (AvgIpc) is 2.64. The number of hydrogen-bond donors (Lipinski definition) is 2. The van der Waals surface area contributed by atoms with E-state index in [0.29, 0.717) is 5.56 Å². The van der Waals surface area contributed by atoms with Gasteiger partial charge in [-0.05, 0) is 6.07 Å². The van der Waals surface area contributed by atoms with Crippen molar-refractivity contribution in [3.8, 4) is 0 Å². The lowest BCUT2D eigenvalue weighted by Crippen LogP contribution is -2.70. The molecule has 1 heterocycles. The Morgan fingerprint density at radius 3 is 2.94 bits per heavy atom. The van der Waals surface area contributed by atoms with E-state index < -0.39 is 0 Å². The van der Waals surface area contributed by atoms with Crippen LogP contribution >= 0.6 is 11.8 Å². The number of carbonyl (C=O) groups is 1. The summed E-state index contributed by atoms with van der Waals surface area (Å²) >= 11 is 1.45. The van der Waals surface area contributed by atoms with Gasteiger partial charge in [-0.1, -0.05) is 18.2 Å². The van der Waals surface area contributed by atoms with Crippen LogP contribution in [-0.2, 0) is 4.74 Å². The van der Waals surface area contributed by atoms with Crippen molar-refractivity contribution in [2.75, 3.05) is 14.1 Å². The van der Waals surface area contributed by atoms with E-state index in [0.717, 1.165) is 10.7 Å². The fourth-order valence-electron chi connectivity index (χ4n) is 1.55. The maximum Gasteiger partial charge on any atom is 0.340 e. The Kier molecular flexibility index (Phi) is 3.14. The molecular weight excluding hydrogens is 224 g/mol. The SMILES string of the molecule is CNC(=[NH+]C)SC1OC(=O)c2ccccc21. The zero-order chi connectivity index (χ0) is 11.5. The molecule has 84 valence electrons. The number of thioether (sulfide) groups is 1. The highest BCUT2D eigenvalue weighted by atomic mass is 32.2. The van der Waals surface area contributed by atoms with E-state index in [4.69, 9.17) is 4.74 Å². The summed E-state index contributed by atoms with van der Waals surface area (Å²) in [6, 6.07) is 7.46. The lowest BCUT2D eigenvalue weighted by molar-refractivity contribution is -0.418.